The van der Waals surface area contributed by atoms with Crippen LogP contribution in [0.15, 0.2) is 6.33 Å². The van der Waals surface area contributed by atoms with Gasteiger partial charge in [0.1, 0.15) is 17.7 Å². The minimum Gasteiger partial charge on any atom is -0.481 e. The molecule has 2 rings (SSSR count). The highest BCUT2D eigenvalue weighted by atomic mass is 32.2. The second-order valence-corrected chi connectivity index (χ2v) is 4.01. The minimum atomic E-state index is -0.847. The van der Waals surface area contributed by atoms with Crippen LogP contribution in [-0.2, 0) is 10.5 Å². The Balaban J connectivity index is 2.14. The Morgan fingerprint density at radius 2 is 2.38 bits per heavy atom. The number of carbonyl (C=O) groups is 1. The molecule has 2 aromatic rings. The number of imidazole rings is 1. The molecule has 0 radical (unpaired) electrons. The first-order valence-electron chi connectivity index (χ1n) is 4.41. The van der Waals surface area contributed by atoms with Crippen molar-refractivity contribution in [1.82, 2.24) is 19.9 Å². The van der Waals surface area contributed by atoms with Gasteiger partial charge in [0.2, 0.25) is 0 Å². The van der Waals surface area contributed by atoms with E-state index in [0.29, 0.717) is 28.6 Å². The fraction of sp³-hybridized carbons (Fsp3) is 0.250. The summed E-state index contributed by atoms with van der Waals surface area (Å²) in [6, 6.07) is 0. The lowest BCUT2D eigenvalue weighted by Gasteiger charge is -1.93. The van der Waals surface area contributed by atoms with Crippen molar-refractivity contribution in [1.29, 1.82) is 0 Å². The van der Waals surface area contributed by atoms with Gasteiger partial charge in [-0.15, -0.1) is 11.8 Å². The lowest BCUT2D eigenvalue weighted by Crippen LogP contribution is -1.98. The highest BCUT2D eigenvalue weighted by Gasteiger charge is 2.07. The molecule has 0 fully saturated rings. The van der Waals surface area contributed by atoms with Gasteiger partial charge >= 0.3 is 5.97 Å². The van der Waals surface area contributed by atoms with Crippen molar-refractivity contribution in [3.63, 3.8) is 0 Å². The van der Waals surface area contributed by atoms with Crippen molar-refractivity contribution < 1.29 is 9.90 Å². The highest BCUT2D eigenvalue weighted by molar-refractivity contribution is 7.99. The third-order valence-electron chi connectivity index (χ3n) is 1.83. The molecule has 2 heterocycles. The number of H-pyrrole nitrogens is 1. The van der Waals surface area contributed by atoms with Gasteiger partial charge in [-0.3, -0.25) is 4.79 Å². The van der Waals surface area contributed by atoms with Crippen LogP contribution in [-0.4, -0.2) is 36.8 Å². The largest absolute Gasteiger partial charge is 0.481 e. The van der Waals surface area contributed by atoms with Crippen molar-refractivity contribution in [3.8, 4) is 0 Å². The van der Waals surface area contributed by atoms with E-state index in [2.05, 4.69) is 19.9 Å². The molecular weight excluding hydrogens is 230 g/mol. The third kappa shape index (κ3) is 2.22. The quantitative estimate of drug-likeness (QED) is 0.700. The smallest absolute Gasteiger partial charge is 0.313 e. The molecule has 2 aromatic heterocycles. The van der Waals surface area contributed by atoms with E-state index in [1.807, 2.05) is 0 Å². The van der Waals surface area contributed by atoms with E-state index in [1.165, 1.54) is 18.1 Å². The number of aromatic amines is 1. The van der Waals surface area contributed by atoms with Crippen LogP contribution in [0.5, 0.6) is 0 Å². The normalized spacial score (nSPS) is 10.8. The lowest BCUT2D eigenvalue weighted by atomic mass is 10.5. The first-order valence-corrected chi connectivity index (χ1v) is 5.57. The summed E-state index contributed by atoms with van der Waals surface area (Å²) < 4.78 is 0. The number of aromatic nitrogens is 4. The molecule has 84 valence electrons. The number of fused-ring (bicyclic) bond motifs is 1. The second-order valence-electron chi connectivity index (χ2n) is 3.03. The molecule has 16 heavy (non-hydrogen) atoms. The molecule has 0 atom stereocenters. The average molecular weight is 239 g/mol. The Hall–Kier alpha value is -1.83. The zero-order valence-electron chi connectivity index (χ0n) is 8.17. The number of nitrogens with one attached hydrogen (secondary N) is 1. The maximum Gasteiger partial charge on any atom is 0.313 e. The van der Waals surface area contributed by atoms with Crippen LogP contribution in [0, 0.1) is 0 Å². The SMILES string of the molecule is Nc1ncnc2nc(CSCC(=O)O)[nH]c12. The summed E-state index contributed by atoms with van der Waals surface area (Å²) in [4.78, 5) is 25.2. The third-order valence-corrected chi connectivity index (χ3v) is 2.76. The van der Waals surface area contributed by atoms with Crippen LogP contribution in [0.3, 0.4) is 0 Å². The van der Waals surface area contributed by atoms with E-state index in [9.17, 15) is 4.79 Å². The van der Waals surface area contributed by atoms with Crippen molar-refractivity contribution in [2.75, 3.05) is 11.5 Å². The Kier molecular flexibility index (Phi) is 2.91. The van der Waals surface area contributed by atoms with E-state index < -0.39 is 5.97 Å². The van der Waals surface area contributed by atoms with Crippen LogP contribution >= 0.6 is 11.8 Å². The Morgan fingerprint density at radius 3 is 3.06 bits per heavy atom. The number of carboxylic acid groups (broad SMARTS) is 1. The summed E-state index contributed by atoms with van der Waals surface area (Å²) in [5.74, 6) is 0.654. The van der Waals surface area contributed by atoms with Crippen molar-refractivity contribution in [2.24, 2.45) is 0 Å². The summed E-state index contributed by atoms with van der Waals surface area (Å²) in [7, 11) is 0. The van der Waals surface area contributed by atoms with Gasteiger partial charge in [0.25, 0.3) is 0 Å². The summed E-state index contributed by atoms with van der Waals surface area (Å²) in [5.41, 5.74) is 6.71. The van der Waals surface area contributed by atoms with E-state index >= 15 is 0 Å². The van der Waals surface area contributed by atoms with Crippen LogP contribution in [0.2, 0.25) is 0 Å². The molecule has 7 nitrogen and oxygen atoms in total. The first-order chi connectivity index (χ1) is 7.66. The van der Waals surface area contributed by atoms with E-state index in [0.717, 1.165) is 0 Å². The van der Waals surface area contributed by atoms with Gasteiger partial charge in [0, 0.05) is 0 Å². The van der Waals surface area contributed by atoms with E-state index in [4.69, 9.17) is 10.8 Å². The number of hydrogen-bond donors (Lipinski definition) is 3. The Morgan fingerprint density at radius 1 is 1.56 bits per heavy atom. The molecule has 0 aliphatic rings. The number of rotatable bonds is 4. The van der Waals surface area contributed by atoms with E-state index in [-0.39, 0.29) is 5.75 Å². The number of thioether (sulfide) groups is 1. The second kappa shape index (κ2) is 4.35. The number of carboxylic acids is 1. The number of anilines is 1. The van der Waals surface area contributed by atoms with Gasteiger partial charge in [-0.2, -0.15) is 0 Å². The standard InChI is InChI=1S/C8H9N5O2S/c9-7-6-8(11-3-10-7)13-4(12-6)1-16-2-5(14)15/h3H,1-2H2,(H,14,15)(H3,9,10,11,12,13). The molecule has 0 saturated carbocycles. The highest BCUT2D eigenvalue weighted by Crippen LogP contribution is 2.16. The molecule has 0 aliphatic heterocycles. The van der Waals surface area contributed by atoms with E-state index in [1.54, 1.807) is 0 Å². The van der Waals surface area contributed by atoms with Gasteiger partial charge < -0.3 is 15.8 Å². The van der Waals surface area contributed by atoms with Gasteiger partial charge in [-0.1, -0.05) is 0 Å². The van der Waals surface area contributed by atoms with Gasteiger partial charge in [0.05, 0.1) is 11.5 Å². The van der Waals surface area contributed by atoms with Gasteiger partial charge in [-0.25, -0.2) is 15.0 Å². The number of nitrogens with two attached hydrogens (primary N) is 1. The Labute approximate surface area is 94.5 Å². The minimum absolute atomic E-state index is 0.0399. The zero-order valence-corrected chi connectivity index (χ0v) is 8.99. The average Bonchev–Trinajstić information content (AvgIpc) is 2.61. The molecule has 0 spiro atoms. The monoisotopic (exact) mass is 239 g/mol. The maximum absolute atomic E-state index is 10.3. The molecular formula is C8H9N5O2S. The molecule has 0 amide bonds. The molecule has 4 N–H and O–H groups in total. The predicted octanol–water partition coefficient (Wildman–Crippen LogP) is 0.253. The van der Waals surface area contributed by atoms with Crippen LogP contribution in [0.4, 0.5) is 5.82 Å². The summed E-state index contributed by atoms with van der Waals surface area (Å²) in [5, 5.41) is 8.48. The summed E-state index contributed by atoms with van der Waals surface area (Å²) in [6.45, 7) is 0. The van der Waals surface area contributed by atoms with Crippen molar-refractivity contribution in [2.45, 2.75) is 5.75 Å². The first kappa shape index (κ1) is 10.7. The van der Waals surface area contributed by atoms with Gasteiger partial charge in [0.15, 0.2) is 11.5 Å². The molecule has 0 unspecified atom stereocenters. The fourth-order valence-corrected chi connectivity index (χ4v) is 1.80. The maximum atomic E-state index is 10.3. The van der Waals surface area contributed by atoms with Gasteiger partial charge in [-0.05, 0) is 0 Å². The topological polar surface area (TPSA) is 118 Å². The zero-order chi connectivity index (χ0) is 11.5. The number of nitrogen functional groups attached to an aromatic ring is 1. The van der Waals surface area contributed by atoms with Crippen LogP contribution < -0.4 is 5.73 Å². The number of aliphatic carboxylic acids is 1. The number of nitrogens with zero attached hydrogens (tertiary/aromatic N) is 3. The summed E-state index contributed by atoms with van der Waals surface area (Å²) in [6.07, 6.45) is 1.34. The number of hydrogen-bond acceptors (Lipinski definition) is 6. The lowest BCUT2D eigenvalue weighted by molar-refractivity contribution is -0.133. The fourth-order valence-electron chi connectivity index (χ4n) is 1.20. The molecule has 0 aromatic carbocycles. The summed E-state index contributed by atoms with van der Waals surface area (Å²) >= 11 is 1.25. The molecule has 0 bridgehead atoms. The van der Waals surface area contributed by atoms with Crippen molar-refractivity contribution >= 4 is 34.7 Å². The predicted molar refractivity (Wildman–Crippen MR) is 59.9 cm³/mol. The van der Waals surface area contributed by atoms with Crippen molar-refractivity contribution in [3.05, 3.63) is 12.2 Å². The van der Waals surface area contributed by atoms with Crippen LogP contribution in [0.1, 0.15) is 5.82 Å². The molecule has 8 heteroatoms. The molecule has 0 saturated heterocycles. The molecule has 0 aliphatic carbocycles. The van der Waals surface area contributed by atoms with Crippen LogP contribution in [0.25, 0.3) is 11.2 Å². The Bertz CT molecular complexity index is 526.